The van der Waals surface area contributed by atoms with Crippen molar-refractivity contribution in [2.45, 2.75) is 56.9 Å². The van der Waals surface area contributed by atoms with E-state index >= 15 is 0 Å². The predicted molar refractivity (Wildman–Crippen MR) is 107 cm³/mol. The Bertz CT molecular complexity index is 1290. The maximum Gasteiger partial charge on any atom is 0.442 e. The molecule has 0 spiro atoms. The minimum absolute atomic E-state index is 0.0192. The first kappa shape index (κ1) is 22.4. The summed E-state index contributed by atoms with van der Waals surface area (Å²) in [5.74, 6) is -2.30. The van der Waals surface area contributed by atoms with Crippen LogP contribution in [0.3, 0.4) is 0 Å². The number of hydrogen-bond donors (Lipinski definition) is 0. The molecule has 1 saturated heterocycles. The van der Waals surface area contributed by atoms with Crippen LogP contribution in [0.1, 0.15) is 44.3 Å². The molecule has 1 fully saturated rings. The topological polar surface area (TPSA) is 110 Å². The third kappa shape index (κ3) is 3.62. The second-order valence-corrected chi connectivity index (χ2v) is 9.32. The standard InChI is InChI=1S/C19H19F5N10/c1-16(2,3)15-27-13(33-5-4-17(20,21)8-33)12-14(28-15)34(32-29-12)7-11-10(6-25-9-26-11)18(30-31-18)19(22,23)24/h6,9H,4-5,7-8H2,1-3H3. The molecule has 3 aromatic heterocycles. The molecule has 0 saturated carbocycles. The van der Waals surface area contributed by atoms with Crippen LogP contribution in [-0.2, 0) is 17.6 Å². The number of halogens is 5. The Morgan fingerprint density at radius 1 is 1.09 bits per heavy atom. The quantitative estimate of drug-likeness (QED) is 0.524. The zero-order valence-corrected chi connectivity index (χ0v) is 18.3. The van der Waals surface area contributed by atoms with E-state index in [2.05, 4.69) is 40.5 Å². The van der Waals surface area contributed by atoms with Crippen LogP contribution < -0.4 is 4.90 Å². The molecule has 5 rings (SSSR count). The van der Waals surface area contributed by atoms with Gasteiger partial charge in [0.15, 0.2) is 17.0 Å². The molecule has 0 amide bonds. The van der Waals surface area contributed by atoms with Crippen LogP contribution in [0.2, 0.25) is 0 Å². The molecule has 0 bridgehead atoms. The monoisotopic (exact) mass is 482 g/mol. The summed E-state index contributed by atoms with van der Waals surface area (Å²) in [6.45, 7) is 4.88. The van der Waals surface area contributed by atoms with E-state index in [0.29, 0.717) is 5.82 Å². The Labute approximate surface area is 189 Å². The molecule has 0 radical (unpaired) electrons. The van der Waals surface area contributed by atoms with Gasteiger partial charge in [0.2, 0.25) is 0 Å². The lowest BCUT2D eigenvalue weighted by molar-refractivity contribution is -0.166. The summed E-state index contributed by atoms with van der Waals surface area (Å²) in [5.41, 5.74) is -3.23. The van der Waals surface area contributed by atoms with Gasteiger partial charge in [0.05, 0.1) is 24.3 Å². The van der Waals surface area contributed by atoms with Gasteiger partial charge in [0.25, 0.3) is 5.92 Å². The van der Waals surface area contributed by atoms with Gasteiger partial charge in [-0.05, 0) is 0 Å². The van der Waals surface area contributed by atoms with Gasteiger partial charge in [-0.25, -0.2) is 33.4 Å². The Hall–Kier alpha value is -3.39. The molecule has 5 heterocycles. The summed E-state index contributed by atoms with van der Waals surface area (Å²) in [5, 5.41) is 14.6. The average Bonchev–Trinajstić information content (AvgIpc) is 3.36. The Morgan fingerprint density at radius 2 is 1.82 bits per heavy atom. The highest BCUT2D eigenvalue weighted by molar-refractivity contribution is 5.83. The SMILES string of the molecule is CC(C)(C)c1nc(N2CCC(F)(F)C2)c2nnn(Cc3ncncc3C3(C(F)(F)F)N=N3)c2n1. The molecular formula is C19H19F5N10. The summed E-state index contributed by atoms with van der Waals surface area (Å²) in [6, 6.07) is 0. The van der Waals surface area contributed by atoms with Crippen molar-refractivity contribution in [2.24, 2.45) is 10.2 Å². The number of nitrogens with zero attached hydrogens (tertiary/aromatic N) is 10. The zero-order valence-electron chi connectivity index (χ0n) is 18.3. The summed E-state index contributed by atoms with van der Waals surface area (Å²) in [4.78, 5) is 18.2. The van der Waals surface area contributed by atoms with Gasteiger partial charge in [-0.2, -0.15) is 13.2 Å². The Morgan fingerprint density at radius 3 is 2.41 bits per heavy atom. The average molecular weight is 482 g/mol. The molecule has 34 heavy (non-hydrogen) atoms. The highest BCUT2D eigenvalue weighted by Crippen LogP contribution is 2.52. The van der Waals surface area contributed by atoms with Crippen molar-refractivity contribution < 1.29 is 22.0 Å². The maximum absolute atomic E-state index is 13.9. The van der Waals surface area contributed by atoms with Crippen molar-refractivity contribution in [1.82, 2.24) is 34.9 Å². The van der Waals surface area contributed by atoms with Gasteiger partial charge in [-0.15, -0.1) is 15.3 Å². The Balaban J connectivity index is 1.60. The van der Waals surface area contributed by atoms with E-state index in [1.54, 1.807) is 0 Å². The van der Waals surface area contributed by atoms with E-state index in [9.17, 15) is 22.0 Å². The van der Waals surface area contributed by atoms with Gasteiger partial charge >= 0.3 is 11.8 Å². The molecule has 0 aromatic carbocycles. The fourth-order valence-corrected chi connectivity index (χ4v) is 3.76. The van der Waals surface area contributed by atoms with Gasteiger partial charge in [0, 0.05) is 24.6 Å². The molecule has 0 atom stereocenters. The first-order valence-electron chi connectivity index (χ1n) is 10.4. The predicted octanol–water partition coefficient (Wildman–Crippen LogP) is 3.38. The molecule has 180 valence electrons. The molecule has 2 aliphatic heterocycles. The molecular weight excluding hydrogens is 463 g/mol. The fraction of sp³-hybridized carbons (Fsp3) is 0.579. The van der Waals surface area contributed by atoms with Crippen molar-refractivity contribution in [1.29, 1.82) is 0 Å². The minimum Gasteiger partial charge on any atom is -0.348 e. The van der Waals surface area contributed by atoms with Crippen molar-refractivity contribution in [3.63, 3.8) is 0 Å². The van der Waals surface area contributed by atoms with Crippen LogP contribution in [0.5, 0.6) is 0 Å². The normalized spacial score (nSPS) is 19.2. The number of fused-ring (bicyclic) bond motifs is 1. The zero-order chi connectivity index (χ0) is 24.5. The van der Waals surface area contributed by atoms with E-state index in [-0.39, 0.29) is 47.7 Å². The van der Waals surface area contributed by atoms with Crippen LogP contribution in [0.4, 0.5) is 27.8 Å². The third-order valence-corrected chi connectivity index (χ3v) is 5.65. The number of aromatic nitrogens is 7. The lowest BCUT2D eigenvalue weighted by Gasteiger charge is -2.22. The molecule has 0 N–H and O–H groups in total. The van der Waals surface area contributed by atoms with E-state index < -0.39 is 29.7 Å². The van der Waals surface area contributed by atoms with Crippen molar-refractivity contribution in [3.8, 4) is 0 Å². The smallest absolute Gasteiger partial charge is 0.348 e. The molecule has 0 unspecified atom stereocenters. The summed E-state index contributed by atoms with van der Waals surface area (Å²) in [6.07, 6.45) is -2.96. The number of rotatable bonds is 4. The number of alkyl halides is 5. The van der Waals surface area contributed by atoms with Gasteiger partial charge in [0.1, 0.15) is 12.2 Å². The lowest BCUT2D eigenvalue weighted by Crippen LogP contribution is -2.32. The summed E-state index contributed by atoms with van der Waals surface area (Å²) in [7, 11) is 0. The third-order valence-electron chi connectivity index (χ3n) is 5.65. The first-order valence-corrected chi connectivity index (χ1v) is 10.4. The minimum atomic E-state index is -4.76. The maximum atomic E-state index is 13.9. The summed E-state index contributed by atoms with van der Waals surface area (Å²) < 4.78 is 69.9. The van der Waals surface area contributed by atoms with Gasteiger partial charge in [-0.1, -0.05) is 26.0 Å². The van der Waals surface area contributed by atoms with E-state index in [0.717, 1.165) is 12.5 Å². The highest BCUT2D eigenvalue weighted by Gasteiger charge is 2.66. The Kier molecular flexibility index (Phi) is 4.65. The van der Waals surface area contributed by atoms with Crippen molar-refractivity contribution in [2.75, 3.05) is 18.0 Å². The fourth-order valence-electron chi connectivity index (χ4n) is 3.76. The highest BCUT2D eigenvalue weighted by atomic mass is 19.4. The summed E-state index contributed by atoms with van der Waals surface area (Å²) >= 11 is 0. The lowest BCUT2D eigenvalue weighted by atomic mass is 9.96. The molecule has 2 aliphatic rings. The van der Waals surface area contributed by atoms with Crippen LogP contribution in [0.25, 0.3) is 11.2 Å². The van der Waals surface area contributed by atoms with E-state index in [4.69, 9.17) is 0 Å². The van der Waals surface area contributed by atoms with Crippen LogP contribution in [0, 0.1) is 0 Å². The largest absolute Gasteiger partial charge is 0.442 e. The van der Waals surface area contributed by atoms with E-state index in [1.807, 2.05) is 20.8 Å². The molecule has 3 aromatic rings. The van der Waals surface area contributed by atoms with Gasteiger partial charge in [-0.3, -0.25) is 0 Å². The van der Waals surface area contributed by atoms with Crippen LogP contribution in [-0.4, -0.2) is 60.1 Å². The first-order chi connectivity index (χ1) is 15.8. The van der Waals surface area contributed by atoms with Crippen molar-refractivity contribution in [3.05, 3.63) is 29.6 Å². The van der Waals surface area contributed by atoms with Gasteiger partial charge < -0.3 is 4.90 Å². The van der Waals surface area contributed by atoms with E-state index in [1.165, 1.54) is 9.58 Å². The number of hydrogen-bond acceptors (Lipinski definition) is 9. The van der Waals surface area contributed by atoms with Crippen LogP contribution in [0.15, 0.2) is 22.8 Å². The molecule has 15 heteroatoms. The van der Waals surface area contributed by atoms with Crippen molar-refractivity contribution >= 4 is 17.0 Å². The second kappa shape index (κ2) is 7.06. The number of anilines is 1. The molecule has 10 nitrogen and oxygen atoms in total. The molecule has 0 aliphatic carbocycles. The van der Waals surface area contributed by atoms with Crippen LogP contribution >= 0.6 is 0 Å². The second-order valence-electron chi connectivity index (χ2n) is 9.32.